The van der Waals surface area contributed by atoms with Crippen molar-refractivity contribution in [3.05, 3.63) is 71.3 Å². The summed E-state index contributed by atoms with van der Waals surface area (Å²) in [6, 6.07) is 11.9. The first-order chi connectivity index (χ1) is 12.2. The molecular formula is C19H20N4O2. The molecule has 0 aliphatic rings. The molecule has 3 rings (SSSR count). The van der Waals surface area contributed by atoms with Gasteiger partial charge in [-0.1, -0.05) is 12.1 Å². The minimum atomic E-state index is 0.418. The van der Waals surface area contributed by atoms with Gasteiger partial charge in [-0.05, 0) is 54.8 Å². The normalized spacial score (nSPS) is 11.0. The molecule has 6 heteroatoms. The molecule has 0 unspecified atom stereocenters. The Morgan fingerprint density at radius 1 is 1.08 bits per heavy atom. The smallest absolute Gasteiger partial charge is 0.141 e. The second kappa shape index (κ2) is 7.61. The van der Waals surface area contributed by atoms with Gasteiger partial charge in [0, 0.05) is 5.56 Å². The Hall–Kier alpha value is -3.15. The van der Waals surface area contributed by atoms with Crippen molar-refractivity contribution in [3.8, 4) is 11.5 Å². The van der Waals surface area contributed by atoms with Gasteiger partial charge in [0.15, 0.2) is 0 Å². The highest BCUT2D eigenvalue weighted by atomic mass is 16.5. The van der Waals surface area contributed by atoms with Crippen molar-refractivity contribution in [2.75, 3.05) is 7.11 Å². The third kappa shape index (κ3) is 4.03. The fourth-order valence-corrected chi connectivity index (χ4v) is 2.42. The highest BCUT2D eigenvalue weighted by Crippen LogP contribution is 2.25. The molecule has 6 nitrogen and oxygen atoms in total. The third-order valence-electron chi connectivity index (χ3n) is 3.99. The van der Waals surface area contributed by atoms with E-state index in [-0.39, 0.29) is 0 Å². The summed E-state index contributed by atoms with van der Waals surface area (Å²) in [6.07, 6.45) is 4.80. The maximum absolute atomic E-state index is 6.00. The molecule has 2 aromatic carbocycles. The number of methoxy groups -OCH3 is 1. The van der Waals surface area contributed by atoms with Crippen LogP contribution in [-0.4, -0.2) is 28.2 Å². The van der Waals surface area contributed by atoms with Crippen LogP contribution in [0.1, 0.15) is 22.3 Å². The number of rotatable bonds is 6. The van der Waals surface area contributed by atoms with Crippen LogP contribution in [0.3, 0.4) is 0 Å². The van der Waals surface area contributed by atoms with Crippen LogP contribution in [0.2, 0.25) is 0 Å². The van der Waals surface area contributed by atoms with Crippen molar-refractivity contribution < 1.29 is 9.47 Å². The summed E-state index contributed by atoms with van der Waals surface area (Å²) in [5.74, 6) is 1.66. The van der Waals surface area contributed by atoms with Crippen molar-refractivity contribution in [3.63, 3.8) is 0 Å². The number of aromatic nitrogens is 3. The van der Waals surface area contributed by atoms with Crippen molar-refractivity contribution >= 4 is 6.21 Å². The third-order valence-corrected chi connectivity index (χ3v) is 3.99. The second-order valence-corrected chi connectivity index (χ2v) is 5.64. The Kier molecular flexibility index (Phi) is 5.09. The zero-order chi connectivity index (χ0) is 17.6. The van der Waals surface area contributed by atoms with E-state index in [0.29, 0.717) is 6.61 Å². The standard InChI is InChI=1S/C19H20N4O2/c1-14-5-4-6-18(15(14)2)25-11-17-9-16(7-8-19(17)24-3)10-22-23-12-20-21-13-23/h4-10,12-13H,11H2,1-3H3/b22-10-. The molecule has 1 aromatic heterocycles. The number of hydrogen-bond donors (Lipinski definition) is 0. The van der Waals surface area contributed by atoms with Gasteiger partial charge in [0.2, 0.25) is 0 Å². The first-order valence-corrected chi connectivity index (χ1v) is 7.92. The second-order valence-electron chi connectivity index (χ2n) is 5.64. The van der Waals surface area contributed by atoms with Crippen LogP contribution in [-0.2, 0) is 6.61 Å². The van der Waals surface area contributed by atoms with Crippen molar-refractivity contribution in [2.24, 2.45) is 5.10 Å². The van der Waals surface area contributed by atoms with Crippen LogP contribution in [0.4, 0.5) is 0 Å². The van der Waals surface area contributed by atoms with E-state index in [1.54, 1.807) is 13.3 Å². The number of nitrogens with zero attached hydrogens (tertiary/aromatic N) is 4. The zero-order valence-electron chi connectivity index (χ0n) is 14.5. The molecule has 0 saturated heterocycles. The van der Waals surface area contributed by atoms with Gasteiger partial charge in [0.05, 0.1) is 13.3 Å². The predicted molar refractivity (Wildman–Crippen MR) is 96.3 cm³/mol. The molecule has 0 aliphatic carbocycles. The number of benzene rings is 2. The molecule has 0 saturated carbocycles. The molecule has 0 spiro atoms. The van der Waals surface area contributed by atoms with E-state index in [0.717, 1.165) is 28.2 Å². The minimum absolute atomic E-state index is 0.418. The molecule has 1 heterocycles. The fraction of sp³-hybridized carbons (Fsp3) is 0.211. The highest BCUT2D eigenvalue weighted by Gasteiger charge is 2.07. The molecular weight excluding hydrogens is 316 g/mol. The van der Waals surface area contributed by atoms with Gasteiger partial charge in [-0.2, -0.15) is 5.10 Å². The van der Waals surface area contributed by atoms with Gasteiger partial charge < -0.3 is 9.47 Å². The fourth-order valence-electron chi connectivity index (χ4n) is 2.42. The predicted octanol–water partition coefficient (Wildman–Crippen LogP) is 3.36. The van der Waals surface area contributed by atoms with E-state index < -0.39 is 0 Å². The van der Waals surface area contributed by atoms with Crippen LogP contribution in [0.5, 0.6) is 11.5 Å². The Balaban J connectivity index is 1.79. The molecule has 3 aromatic rings. The lowest BCUT2D eigenvalue weighted by molar-refractivity contribution is 0.294. The van der Waals surface area contributed by atoms with Crippen LogP contribution in [0, 0.1) is 13.8 Å². The summed E-state index contributed by atoms with van der Waals surface area (Å²) in [5.41, 5.74) is 4.25. The molecule has 0 fully saturated rings. The van der Waals surface area contributed by atoms with Crippen molar-refractivity contribution in [1.29, 1.82) is 0 Å². The van der Waals surface area contributed by atoms with Gasteiger partial charge in [-0.25, -0.2) is 4.68 Å². The van der Waals surface area contributed by atoms with E-state index in [4.69, 9.17) is 9.47 Å². The minimum Gasteiger partial charge on any atom is -0.496 e. The lowest BCUT2D eigenvalue weighted by atomic mass is 10.1. The molecule has 0 bridgehead atoms. The maximum atomic E-state index is 6.00. The first-order valence-electron chi connectivity index (χ1n) is 7.92. The Morgan fingerprint density at radius 2 is 1.88 bits per heavy atom. The highest BCUT2D eigenvalue weighted by molar-refractivity contribution is 5.80. The largest absolute Gasteiger partial charge is 0.496 e. The molecule has 128 valence electrons. The lowest BCUT2D eigenvalue weighted by Gasteiger charge is -2.13. The van der Waals surface area contributed by atoms with Crippen LogP contribution < -0.4 is 9.47 Å². The first kappa shape index (κ1) is 16.7. The van der Waals surface area contributed by atoms with Gasteiger partial charge >= 0.3 is 0 Å². The van der Waals surface area contributed by atoms with Crippen LogP contribution in [0.25, 0.3) is 0 Å². The van der Waals surface area contributed by atoms with Gasteiger partial charge in [0.25, 0.3) is 0 Å². The summed E-state index contributed by atoms with van der Waals surface area (Å²) >= 11 is 0. The Labute approximate surface area is 146 Å². The summed E-state index contributed by atoms with van der Waals surface area (Å²) in [5, 5.41) is 11.7. The average Bonchev–Trinajstić information content (AvgIpc) is 3.15. The number of aryl methyl sites for hydroxylation is 1. The summed E-state index contributed by atoms with van der Waals surface area (Å²) in [4.78, 5) is 0. The quantitative estimate of drug-likeness (QED) is 0.648. The monoisotopic (exact) mass is 336 g/mol. The zero-order valence-corrected chi connectivity index (χ0v) is 14.5. The maximum Gasteiger partial charge on any atom is 0.141 e. The molecule has 0 N–H and O–H groups in total. The topological polar surface area (TPSA) is 61.5 Å². The van der Waals surface area contributed by atoms with Gasteiger partial charge in [0.1, 0.15) is 30.8 Å². The molecule has 0 aliphatic heterocycles. The average molecular weight is 336 g/mol. The molecule has 0 atom stereocenters. The molecule has 0 radical (unpaired) electrons. The van der Waals surface area contributed by atoms with Crippen molar-refractivity contribution in [2.45, 2.75) is 20.5 Å². The molecule has 25 heavy (non-hydrogen) atoms. The lowest BCUT2D eigenvalue weighted by Crippen LogP contribution is -2.01. The Morgan fingerprint density at radius 3 is 2.64 bits per heavy atom. The summed E-state index contributed by atoms with van der Waals surface area (Å²) in [6.45, 7) is 4.55. The SMILES string of the molecule is COc1ccc(/C=N\n2cnnc2)cc1COc1cccc(C)c1C. The van der Waals surface area contributed by atoms with E-state index >= 15 is 0 Å². The summed E-state index contributed by atoms with van der Waals surface area (Å²) < 4.78 is 13.0. The van der Waals surface area contributed by atoms with Crippen LogP contribution in [0.15, 0.2) is 54.2 Å². The van der Waals surface area contributed by atoms with E-state index in [9.17, 15) is 0 Å². The van der Waals surface area contributed by atoms with Crippen molar-refractivity contribution in [1.82, 2.24) is 14.9 Å². The van der Waals surface area contributed by atoms with E-state index in [2.05, 4.69) is 35.2 Å². The molecule has 0 amide bonds. The van der Waals surface area contributed by atoms with Gasteiger partial charge in [-0.3, -0.25) is 0 Å². The van der Waals surface area contributed by atoms with Crippen LogP contribution >= 0.6 is 0 Å². The number of ether oxygens (including phenoxy) is 2. The number of hydrogen-bond acceptors (Lipinski definition) is 5. The van der Waals surface area contributed by atoms with E-state index in [1.807, 2.05) is 30.3 Å². The van der Waals surface area contributed by atoms with Gasteiger partial charge in [-0.15, -0.1) is 10.2 Å². The Bertz CT molecular complexity index is 873. The van der Waals surface area contributed by atoms with E-state index in [1.165, 1.54) is 22.9 Å². The summed E-state index contributed by atoms with van der Waals surface area (Å²) in [7, 11) is 1.65.